The van der Waals surface area contributed by atoms with E-state index < -0.39 is 0 Å². The predicted octanol–water partition coefficient (Wildman–Crippen LogP) is 1.34. The van der Waals surface area contributed by atoms with Crippen molar-refractivity contribution in [2.45, 2.75) is 6.42 Å². The number of nitrogens with zero attached hydrogens (tertiary/aromatic N) is 4. The number of likely N-dealkylation sites (N-methyl/N-ethyl adjacent to an activating group) is 1. The number of anilines is 1. The number of halogens is 1. The molecule has 0 atom stereocenters. The Labute approximate surface area is 146 Å². The average molecular weight is 343 g/mol. The molecule has 2 aromatic rings. The van der Waals surface area contributed by atoms with Crippen LogP contribution in [0.5, 0.6) is 0 Å². The molecule has 1 saturated heterocycles. The van der Waals surface area contributed by atoms with Crippen LogP contribution in [0.3, 0.4) is 0 Å². The third-order valence-electron chi connectivity index (χ3n) is 4.32. The molecule has 25 heavy (non-hydrogen) atoms. The molecule has 0 spiro atoms. The molecule has 0 bridgehead atoms. The van der Waals surface area contributed by atoms with E-state index in [1.807, 2.05) is 0 Å². The van der Waals surface area contributed by atoms with Crippen LogP contribution < -0.4 is 10.2 Å². The van der Waals surface area contributed by atoms with E-state index in [4.69, 9.17) is 0 Å². The van der Waals surface area contributed by atoms with Crippen molar-refractivity contribution in [1.82, 2.24) is 20.2 Å². The van der Waals surface area contributed by atoms with Gasteiger partial charge in [-0.1, -0.05) is 18.2 Å². The van der Waals surface area contributed by atoms with Crippen LogP contribution in [0.1, 0.15) is 15.9 Å². The highest BCUT2D eigenvalue weighted by Crippen LogP contribution is 2.10. The van der Waals surface area contributed by atoms with Crippen LogP contribution in [-0.2, 0) is 6.42 Å². The maximum Gasteiger partial charge on any atom is 0.254 e. The van der Waals surface area contributed by atoms with Gasteiger partial charge in [0.25, 0.3) is 5.91 Å². The van der Waals surface area contributed by atoms with Gasteiger partial charge in [0.05, 0.1) is 5.56 Å². The van der Waals surface area contributed by atoms with Crippen molar-refractivity contribution in [3.05, 3.63) is 53.6 Å². The van der Waals surface area contributed by atoms with E-state index in [0.29, 0.717) is 30.0 Å². The lowest BCUT2D eigenvalue weighted by Gasteiger charge is -2.32. The SMILES string of the molecule is CN1CCN(c2ncc(C(=O)NCCc3ccccc3F)cn2)CC1. The number of carbonyl (C=O) groups is 1. The second-order valence-corrected chi connectivity index (χ2v) is 6.16. The van der Waals surface area contributed by atoms with Crippen LogP contribution in [-0.4, -0.2) is 60.5 Å². The minimum atomic E-state index is -0.253. The summed E-state index contributed by atoms with van der Waals surface area (Å²) in [5.74, 6) is 0.147. The van der Waals surface area contributed by atoms with E-state index in [2.05, 4.69) is 32.1 Å². The molecule has 1 amide bonds. The monoisotopic (exact) mass is 343 g/mol. The molecule has 0 unspecified atom stereocenters. The van der Waals surface area contributed by atoms with Crippen LogP contribution in [0.4, 0.5) is 10.3 Å². The molecule has 1 aromatic carbocycles. The van der Waals surface area contributed by atoms with E-state index in [9.17, 15) is 9.18 Å². The van der Waals surface area contributed by atoms with Gasteiger partial charge in [0.2, 0.25) is 5.95 Å². The van der Waals surface area contributed by atoms with Crippen molar-refractivity contribution in [2.24, 2.45) is 0 Å². The summed E-state index contributed by atoms with van der Waals surface area (Å²) >= 11 is 0. The maximum atomic E-state index is 13.5. The fraction of sp³-hybridized carbons (Fsp3) is 0.389. The molecule has 0 saturated carbocycles. The van der Waals surface area contributed by atoms with Crippen molar-refractivity contribution < 1.29 is 9.18 Å². The standard InChI is InChI=1S/C18H22FN5O/c1-23-8-10-24(11-9-23)18-21-12-15(13-22-18)17(25)20-7-6-14-4-2-3-5-16(14)19/h2-5,12-13H,6-11H2,1H3,(H,20,25). The third-order valence-corrected chi connectivity index (χ3v) is 4.32. The first kappa shape index (κ1) is 17.3. The molecule has 7 heteroatoms. The first-order valence-electron chi connectivity index (χ1n) is 8.40. The maximum absolute atomic E-state index is 13.5. The quantitative estimate of drug-likeness (QED) is 0.888. The molecule has 0 radical (unpaired) electrons. The van der Waals surface area contributed by atoms with E-state index in [0.717, 1.165) is 26.2 Å². The molecule has 2 heterocycles. The highest BCUT2D eigenvalue weighted by molar-refractivity contribution is 5.93. The summed E-state index contributed by atoms with van der Waals surface area (Å²) in [6, 6.07) is 6.57. The number of nitrogens with one attached hydrogen (secondary N) is 1. The zero-order chi connectivity index (χ0) is 17.6. The van der Waals surface area contributed by atoms with E-state index in [-0.39, 0.29) is 11.7 Å². The van der Waals surface area contributed by atoms with Crippen molar-refractivity contribution in [3.8, 4) is 0 Å². The molecule has 1 aromatic heterocycles. The number of hydrogen-bond acceptors (Lipinski definition) is 5. The van der Waals surface area contributed by atoms with Crippen molar-refractivity contribution in [1.29, 1.82) is 0 Å². The first-order valence-corrected chi connectivity index (χ1v) is 8.40. The summed E-state index contributed by atoms with van der Waals surface area (Å²) in [4.78, 5) is 25.1. The van der Waals surface area contributed by atoms with Crippen molar-refractivity contribution in [3.63, 3.8) is 0 Å². The van der Waals surface area contributed by atoms with Crippen LogP contribution in [0.15, 0.2) is 36.7 Å². The normalized spacial score (nSPS) is 15.2. The molecule has 3 rings (SSSR count). The van der Waals surface area contributed by atoms with Gasteiger partial charge in [-0.15, -0.1) is 0 Å². The summed E-state index contributed by atoms with van der Waals surface area (Å²) in [6.45, 7) is 4.07. The fourth-order valence-electron chi connectivity index (χ4n) is 2.72. The van der Waals surface area contributed by atoms with Gasteiger partial charge in [-0.25, -0.2) is 14.4 Å². The molecule has 1 aliphatic rings. The van der Waals surface area contributed by atoms with Crippen molar-refractivity contribution in [2.75, 3.05) is 44.7 Å². The van der Waals surface area contributed by atoms with Crippen LogP contribution >= 0.6 is 0 Å². The molecular formula is C18H22FN5O. The van der Waals surface area contributed by atoms with Crippen LogP contribution in [0, 0.1) is 5.82 Å². The summed E-state index contributed by atoms with van der Waals surface area (Å²) in [6.07, 6.45) is 3.52. The molecule has 132 valence electrons. The molecule has 1 N–H and O–H groups in total. The molecule has 1 fully saturated rings. The molecular weight excluding hydrogens is 321 g/mol. The Morgan fingerprint density at radius 2 is 1.84 bits per heavy atom. The minimum Gasteiger partial charge on any atom is -0.352 e. The van der Waals surface area contributed by atoms with Crippen LogP contribution in [0.2, 0.25) is 0 Å². The minimum absolute atomic E-state index is 0.249. The number of rotatable bonds is 5. The Hall–Kier alpha value is -2.54. The Bertz CT molecular complexity index is 714. The Kier molecular flexibility index (Phi) is 5.55. The zero-order valence-corrected chi connectivity index (χ0v) is 14.3. The highest BCUT2D eigenvalue weighted by atomic mass is 19.1. The lowest BCUT2D eigenvalue weighted by Crippen LogP contribution is -2.45. The molecule has 0 aliphatic carbocycles. The predicted molar refractivity (Wildman–Crippen MR) is 94.2 cm³/mol. The van der Waals surface area contributed by atoms with E-state index >= 15 is 0 Å². The summed E-state index contributed by atoms with van der Waals surface area (Å²) < 4.78 is 13.5. The summed E-state index contributed by atoms with van der Waals surface area (Å²) in [7, 11) is 2.09. The average Bonchev–Trinajstić information content (AvgIpc) is 2.64. The molecule has 6 nitrogen and oxygen atoms in total. The number of carbonyl (C=O) groups excluding carboxylic acids is 1. The van der Waals surface area contributed by atoms with Gasteiger partial charge in [0.1, 0.15) is 5.82 Å². The fourth-order valence-corrected chi connectivity index (χ4v) is 2.72. The number of piperazine rings is 1. The van der Waals surface area contributed by atoms with Gasteiger partial charge in [-0.2, -0.15) is 0 Å². The largest absolute Gasteiger partial charge is 0.352 e. The number of hydrogen-bond donors (Lipinski definition) is 1. The van der Waals surface area contributed by atoms with E-state index in [1.54, 1.807) is 30.6 Å². The smallest absolute Gasteiger partial charge is 0.254 e. The first-order chi connectivity index (χ1) is 12.1. The number of benzene rings is 1. The van der Waals surface area contributed by atoms with Gasteiger partial charge in [-0.3, -0.25) is 4.79 Å². The Morgan fingerprint density at radius 1 is 1.16 bits per heavy atom. The molecule has 1 aliphatic heterocycles. The topological polar surface area (TPSA) is 61.4 Å². The Morgan fingerprint density at radius 3 is 2.52 bits per heavy atom. The second kappa shape index (κ2) is 8.02. The highest BCUT2D eigenvalue weighted by Gasteiger charge is 2.17. The van der Waals surface area contributed by atoms with Gasteiger partial charge in [-0.05, 0) is 25.1 Å². The van der Waals surface area contributed by atoms with E-state index in [1.165, 1.54) is 6.07 Å². The number of amides is 1. The van der Waals surface area contributed by atoms with Crippen molar-refractivity contribution >= 4 is 11.9 Å². The van der Waals surface area contributed by atoms with Gasteiger partial charge in [0, 0.05) is 45.1 Å². The summed E-state index contributed by atoms with van der Waals surface area (Å²) in [5.41, 5.74) is 0.996. The van der Waals surface area contributed by atoms with Gasteiger partial charge < -0.3 is 15.1 Å². The number of aromatic nitrogens is 2. The van der Waals surface area contributed by atoms with Gasteiger partial charge >= 0.3 is 0 Å². The summed E-state index contributed by atoms with van der Waals surface area (Å²) in [5, 5.41) is 2.77. The second-order valence-electron chi connectivity index (χ2n) is 6.16. The lowest BCUT2D eigenvalue weighted by atomic mass is 10.1. The third kappa shape index (κ3) is 4.51. The Balaban J connectivity index is 1.51. The van der Waals surface area contributed by atoms with Gasteiger partial charge in [0.15, 0.2) is 0 Å². The lowest BCUT2D eigenvalue weighted by molar-refractivity contribution is 0.0953. The zero-order valence-electron chi connectivity index (χ0n) is 14.3. The van der Waals surface area contributed by atoms with Crippen LogP contribution in [0.25, 0.3) is 0 Å².